The van der Waals surface area contributed by atoms with Gasteiger partial charge in [0.15, 0.2) is 5.13 Å². The molecule has 0 spiro atoms. The molecule has 0 aliphatic carbocycles. The Bertz CT molecular complexity index is 751. The Morgan fingerprint density at radius 2 is 1.78 bits per heavy atom. The molecular formula is C19H20N2OS. The number of thiazole rings is 1. The quantitative estimate of drug-likeness (QED) is 0.668. The fraction of sp³-hybridized carbons (Fsp3) is 0.211. The third-order valence-electron chi connectivity index (χ3n) is 3.66. The number of hydrogen-bond donors (Lipinski definition) is 1. The van der Waals surface area contributed by atoms with Gasteiger partial charge in [-0.3, -0.25) is 0 Å². The summed E-state index contributed by atoms with van der Waals surface area (Å²) in [5.74, 6) is 0.891. The molecule has 118 valence electrons. The van der Waals surface area contributed by atoms with Gasteiger partial charge in [0.1, 0.15) is 5.75 Å². The molecule has 0 bridgehead atoms. The molecule has 0 amide bonds. The zero-order valence-electron chi connectivity index (χ0n) is 13.2. The first kappa shape index (κ1) is 15.6. The summed E-state index contributed by atoms with van der Waals surface area (Å²) in [4.78, 5) is 5.51. The minimum atomic E-state index is 0.610. The fourth-order valence-corrected chi connectivity index (χ4v) is 3.22. The van der Waals surface area contributed by atoms with Gasteiger partial charge in [0.05, 0.1) is 12.3 Å². The zero-order valence-corrected chi connectivity index (χ0v) is 14.0. The third-order valence-corrected chi connectivity index (χ3v) is 4.46. The molecule has 0 aliphatic rings. The molecular weight excluding hydrogens is 304 g/mol. The van der Waals surface area contributed by atoms with Crippen LogP contribution in [0.2, 0.25) is 0 Å². The van der Waals surface area contributed by atoms with Crippen LogP contribution < -0.4 is 10.5 Å². The highest BCUT2D eigenvalue weighted by atomic mass is 32.1. The third kappa shape index (κ3) is 4.11. The average Bonchev–Trinajstić information content (AvgIpc) is 2.92. The van der Waals surface area contributed by atoms with Gasteiger partial charge in [-0.25, -0.2) is 4.98 Å². The largest absolute Gasteiger partial charge is 0.494 e. The number of benzene rings is 2. The maximum Gasteiger partial charge on any atom is 0.180 e. The Morgan fingerprint density at radius 1 is 1.04 bits per heavy atom. The van der Waals surface area contributed by atoms with Crippen molar-refractivity contribution in [3.05, 3.63) is 65.0 Å². The zero-order chi connectivity index (χ0) is 16.1. The minimum Gasteiger partial charge on any atom is -0.494 e. The number of aromatic nitrogens is 1. The lowest BCUT2D eigenvalue weighted by molar-refractivity contribution is 0.311. The van der Waals surface area contributed by atoms with E-state index in [1.165, 1.54) is 16.9 Å². The van der Waals surface area contributed by atoms with Crippen molar-refractivity contribution < 1.29 is 4.74 Å². The topological polar surface area (TPSA) is 48.1 Å². The molecule has 0 unspecified atom stereocenters. The Kier molecular flexibility index (Phi) is 4.93. The van der Waals surface area contributed by atoms with Crippen LogP contribution in [0, 0.1) is 6.92 Å². The Balaban J connectivity index is 1.53. The van der Waals surface area contributed by atoms with Gasteiger partial charge >= 0.3 is 0 Å². The predicted molar refractivity (Wildman–Crippen MR) is 97.0 cm³/mol. The summed E-state index contributed by atoms with van der Waals surface area (Å²) in [6.07, 6.45) is 2.05. The SMILES string of the molecule is Cc1sc(N)nc1-c1ccc(OCCCc2ccccc2)cc1. The van der Waals surface area contributed by atoms with Gasteiger partial charge in [0.25, 0.3) is 0 Å². The normalized spacial score (nSPS) is 10.7. The maximum absolute atomic E-state index is 5.81. The van der Waals surface area contributed by atoms with E-state index in [4.69, 9.17) is 10.5 Å². The first-order valence-electron chi connectivity index (χ1n) is 7.72. The first-order valence-corrected chi connectivity index (χ1v) is 8.54. The second-order valence-electron chi connectivity index (χ2n) is 5.42. The average molecular weight is 324 g/mol. The highest BCUT2D eigenvalue weighted by Gasteiger charge is 2.08. The molecule has 2 aromatic carbocycles. The Morgan fingerprint density at radius 3 is 2.43 bits per heavy atom. The van der Waals surface area contributed by atoms with E-state index in [2.05, 4.69) is 29.2 Å². The summed E-state index contributed by atoms with van der Waals surface area (Å²) < 4.78 is 5.81. The Hall–Kier alpha value is -2.33. The smallest absolute Gasteiger partial charge is 0.180 e. The predicted octanol–water partition coefficient (Wildman–Crippen LogP) is 4.71. The summed E-state index contributed by atoms with van der Waals surface area (Å²) in [6.45, 7) is 2.76. The van der Waals surface area contributed by atoms with Crippen molar-refractivity contribution in [1.29, 1.82) is 0 Å². The molecule has 0 fully saturated rings. The molecule has 3 rings (SSSR count). The molecule has 0 radical (unpaired) electrons. The van der Waals surface area contributed by atoms with Crippen molar-refractivity contribution >= 4 is 16.5 Å². The number of anilines is 1. The molecule has 0 saturated heterocycles. The molecule has 0 saturated carbocycles. The van der Waals surface area contributed by atoms with Crippen molar-refractivity contribution in [1.82, 2.24) is 4.98 Å². The monoisotopic (exact) mass is 324 g/mol. The molecule has 1 aromatic heterocycles. The minimum absolute atomic E-state index is 0.610. The number of nitrogens with two attached hydrogens (primary N) is 1. The maximum atomic E-state index is 5.81. The summed E-state index contributed by atoms with van der Waals surface area (Å²) >= 11 is 1.52. The summed E-state index contributed by atoms with van der Waals surface area (Å²) in [6, 6.07) is 18.5. The van der Waals surface area contributed by atoms with Crippen molar-refractivity contribution in [2.24, 2.45) is 0 Å². The van der Waals surface area contributed by atoms with Gasteiger partial charge in [-0.15, -0.1) is 11.3 Å². The van der Waals surface area contributed by atoms with Crippen molar-refractivity contribution in [3.63, 3.8) is 0 Å². The van der Waals surface area contributed by atoms with Crippen LogP contribution in [-0.4, -0.2) is 11.6 Å². The van der Waals surface area contributed by atoms with Gasteiger partial charge < -0.3 is 10.5 Å². The van der Waals surface area contributed by atoms with Crippen LogP contribution >= 0.6 is 11.3 Å². The lowest BCUT2D eigenvalue weighted by atomic mass is 10.1. The number of nitrogen functional groups attached to an aromatic ring is 1. The first-order chi connectivity index (χ1) is 11.2. The van der Waals surface area contributed by atoms with E-state index in [1.54, 1.807) is 0 Å². The van der Waals surface area contributed by atoms with Gasteiger partial charge in [-0.05, 0) is 49.6 Å². The Labute approximate surface area is 140 Å². The number of ether oxygens (including phenoxy) is 1. The molecule has 1 heterocycles. The second-order valence-corrected chi connectivity index (χ2v) is 6.65. The summed E-state index contributed by atoms with van der Waals surface area (Å²) in [5.41, 5.74) is 9.15. The number of nitrogens with zero attached hydrogens (tertiary/aromatic N) is 1. The van der Waals surface area contributed by atoms with E-state index >= 15 is 0 Å². The van der Waals surface area contributed by atoms with Gasteiger partial charge in [-0.2, -0.15) is 0 Å². The number of rotatable bonds is 6. The summed E-state index contributed by atoms with van der Waals surface area (Å²) in [7, 11) is 0. The standard InChI is InChI=1S/C19H20N2OS/c1-14-18(21-19(20)23-14)16-9-11-17(12-10-16)22-13-5-8-15-6-3-2-4-7-15/h2-4,6-7,9-12H,5,8,13H2,1H3,(H2,20,21). The van der Waals surface area contributed by atoms with E-state index in [0.29, 0.717) is 5.13 Å². The number of aryl methyl sites for hydroxylation is 2. The van der Waals surface area contributed by atoms with Crippen molar-refractivity contribution in [3.8, 4) is 17.0 Å². The number of hydrogen-bond acceptors (Lipinski definition) is 4. The second kappa shape index (κ2) is 7.29. The molecule has 0 aliphatic heterocycles. The van der Waals surface area contributed by atoms with Crippen LogP contribution in [0.1, 0.15) is 16.9 Å². The molecule has 0 atom stereocenters. The van der Waals surface area contributed by atoms with Gasteiger partial charge in [0.2, 0.25) is 0 Å². The van der Waals surface area contributed by atoms with Crippen LogP contribution in [0.4, 0.5) is 5.13 Å². The van der Waals surface area contributed by atoms with E-state index in [0.717, 1.165) is 41.3 Å². The van der Waals surface area contributed by atoms with E-state index in [1.807, 2.05) is 37.3 Å². The van der Waals surface area contributed by atoms with Crippen LogP contribution in [0.5, 0.6) is 5.75 Å². The van der Waals surface area contributed by atoms with Crippen molar-refractivity contribution in [2.75, 3.05) is 12.3 Å². The molecule has 4 heteroatoms. The lowest BCUT2D eigenvalue weighted by Crippen LogP contribution is -1.99. The van der Waals surface area contributed by atoms with E-state index in [-0.39, 0.29) is 0 Å². The van der Waals surface area contributed by atoms with Crippen molar-refractivity contribution in [2.45, 2.75) is 19.8 Å². The highest BCUT2D eigenvalue weighted by molar-refractivity contribution is 7.15. The molecule has 2 N–H and O–H groups in total. The van der Waals surface area contributed by atoms with Crippen LogP contribution in [0.25, 0.3) is 11.3 Å². The lowest BCUT2D eigenvalue weighted by Gasteiger charge is -2.07. The molecule has 3 aromatic rings. The molecule has 3 nitrogen and oxygen atoms in total. The van der Waals surface area contributed by atoms with Crippen LogP contribution in [0.15, 0.2) is 54.6 Å². The highest BCUT2D eigenvalue weighted by Crippen LogP contribution is 2.29. The van der Waals surface area contributed by atoms with E-state index < -0.39 is 0 Å². The summed E-state index contributed by atoms with van der Waals surface area (Å²) in [5, 5.41) is 0.610. The van der Waals surface area contributed by atoms with Crippen LogP contribution in [-0.2, 0) is 6.42 Å². The van der Waals surface area contributed by atoms with Gasteiger partial charge in [-0.1, -0.05) is 30.3 Å². The van der Waals surface area contributed by atoms with Crippen LogP contribution in [0.3, 0.4) is 0 Å². The van der Waals surface area contributed by atoms with E-state index in [9.17, 15) is 0 Å². The van der Waals surface area contributed by atoms with Gasteiger partial charge in [0, 0.05) is 10.4 Å². The fourth-order valence-electron chi connectivity index (χ4n) is 2.50. The molecule has 23 heavy (non-hydrogen) atoms.